The third kappa shape index (κ3) is 6.03. The van der Waals surface area contributed by atoms with Gasteiger partial charge in [0.25, 0.3) is 0 Å². The lowest BCUT2D eigenvalue weighted by Crippen LogP contribution is -2.21. The Morgan fingerprint density at radius 2 is 2.04 bits per heavy atom. The average Bonchev–Trinajstić information content (AvgIpc) is 3.31. The molecule has 2 N–H and O–H groups in total. The summed E-state index contributed by atoms with van der Waals surface area (Å²) in [5.41, 5.74) is 7.85. The van der Waals surface area contributed by atoms with Crippen molar-refractivity contribution in [2.45, 2.75) is 38.3 Å². The number of aromatic nitrogens is 2. The molecule has 4 nitrogen and oxygen atoms in total. The first kappa shape index (κ1) is 17.7. The van der Waals surface area contributed by atoms with Gasteiger partial charge in [-0.05, 0) is 54.8 Å². The number of ether oxygens (including phenoxy) is 1. The van der Waals surface area contributed by atoms with Gasteiger partial charge in [0.1, 0.15) is 0 Å². The maximum atomic E-state index is 6.19. The molecule has 1 unspecified atom stereocenters. The van der Waals surface area contributed by atoms with E-state index in [1.165, 1.54) is 10.4 Å². The molecule has 0 aliphatic carbocycles. The van der Waals surface area contributed by atoms with Gasteiger partial charge in [-0.1, -0.05) is 18.2 Å². The highest BCUT2D eigenvalue weighted by Crippen LogP contribution is 2.15. The molecule has 0 spiro atoms. The molecule has 0 saturated heterocycles. The number of anilines is 1. The molecule has 0 radical (unpaired) electrons. The summed E-state index contributed by atoms with van der Waals surface area (Å²) in [4.78, 5) is 5.55. The molecule has 132 valence electrons. The molecule has 0 fully saturated rings. The Balaban J connectivity index is 1.45. The Hall–Kier alpha value is -2.11. The first-order chi connectivity index (χ1) is 12.3. The molecular formula is C20H25N3OS. The average molecular weight is 356 g/mol. The lowest BCUT2D eigenvalue weighted by molar-refractivity contribution is 0.0348. The van der Waals surface area contributed by atoms with Gasteiger partial charge in [-0.25, -0.2) is 4.98 Å². The second-order valence-electron chi connectivity index (χ2n) is 6.22. The monoisotopic (exact) mass is 355 g/mol. The summed E-state index contributed by atoms with van der Waals surface area (Å²) in [6.45, 7) is 1.63. The minimum Gasteiger partial charge on any atom is -0.399 e. The van der Waals surface area contributed by atoms with E-state index in [0.717, 1.165) is 44.5 Å². The third-order valence-electron chi connectivity index (χ3n) is 4.21. The van der Waals surface area contributed by atoms with Gasteiger partial charge in [-0.3, -0.25) is 0 Å². The second kappa shape index (κ2) is 9.39. The van der Waals surface area contributed by atoms with Crippen LogP contribution in [0.2, 0.25) is 0 Å². The highest BCUT2D eigenvalue weighted by atomic mass is 32.1. The van der Waals surface area contributed by atoms with E-state index in [0.29, 0.717) is 0 Å². The first-order valence-corrected chi connectivity index (χ1v) is 9.62. The molecule has 2 aromatic heterocycles. The van der Waals surface area contributed by atoms with Crippen molar-refractivity contribution in [1.29, 1.82) is 0 Å². The van der Waals surface area contributed by atoms with Crippen LogP contribution in [-0.2, 0) is 24.1 Å². The molecule has 2 heterocycles. The number of nitrogens with zero attached hydrogens (tertiary/aromatic N) is 2. The van der Waals surface area contributed by atoms with Crippen LogP contribution < -0.4 is 5.73 Å². The Labute approximate surface area is 153 Å². The summed E-state index contributed by atoms with van der Waals surface area (Å²) in [7, 11) is 0. The number of thiophene rings is 1. The first-order valence-electron chi connectivity index (χ1n) is 8.74. The molecule has 0 saturated carbocycles. The van der Waals surface area contributed by atoms with Crippen molar-refractivity contribution in [2.24, 2.45) is 0 Å². The largest absolute Gasteiger partial charge is 0.399 e. The number of nitrogen functional groups attached to an aromatic ring is 1. The molecule has 3 rings (SSSR count). The Morgan fingerprint density at radius 1 is 1.16 bits per heavy atom. The zero-order valence-corrected chi connectivity index (χ0v) is 15.2. The van der Waals surface area contributed by atoms with Crippen molar-refractivity contribution in [1.82, 2.24) is 9.55 Å². The van der Waals surface area contributed by atoms with Crippen LogP contribution in [0.25, 0.3) is 0 Å². The van der Waals surface area contributed by atoms with Crippen LogP contribution in [0.3, 0.4) is 0 Å². The number of aryl methyl sites for hydroxylation is 2. The van der Waals surface area contributed by atoms with E-state index in [9.17, 15) is 0 Å². The van der Waals surface area contributed by atoms with Crippen molar-refractivity contribution in [3.05, 3.63) is 70.9 Å². The van der Waals surface area contributed by atoms with Crippen LogP contribution in [0.5, 0.6) is 0 Å². The van der Waals surface area contributed by atoms with E-state index >= 15 is 0 Å². The lowest BCUT2D eigenvalue weighted by Gasteiger charge is -2.18. The molecule has 0 amide bonds. The van der Waals surface area contributed by atoms with Crippen molar-refractivity contribution in [2.75, 3.05) is 12.3 Å². The Kier molecular flexibility index (Phi) is 6.65. The van der Waals surface area contributed by atoms with Gasteiger partial charge >= 0.3 is 0 Å². The van der Waals surface area contributed by atoms with Crippen molar-refractivity contribution < 1.29 is 4.74 Å². The van der Waals surface area contributed by atoms with Crippen LogP contribution in [0, 0.1) is 0 Å². The topological polar surface area (TPSA) is 53.1 Å². The highest BCUT2D eigenvalue weighted by Gasteiger charge is 2.11. The van der Waals surface area contributed by atoms with E-state index in [4.69, 9.17) is 10.5 Å². The van der Waals surface area contributed by atoms with Crippen molar-refractivity contribution in [3.8, 4) is 0 Å². The van der Waals surface area contributed by atoms with E-state index in [1.54, 1.807) is 0 Å². The molecule has 3 aromatic rings. The summed E-state index contributed by atoms with van der Waals surface area (Å²) in [5, 5.41) is 2.13. The maximum absolute atomic E-state index is 6.19. The zero-order chi connectivity index (χ0) is 17.3. The number of hydrogen-bond donors (Lipinski definition) is 1. The van der Waals surface area contributed by atoms with Crippen LogP contribution in [0.1, 0.15) is 23.3 Å². The fourth-order valence-electron chi connectivity index (χ4n) is 2.83. The number of nitrogens with two attached hydrogens (primary N) is 1. The normalized spacial score (nSPS) is 12.3. The fourth-order valence-corrected chi connectivity index (χ4v) is 3.55. The predicted molar refractivity (Wildman–Crippen MR) is 104 cm³/mol. The van der Waals surface area contributed by atoms with Gasteiger partial charge in [-0.2, -0.15) is 0 Å². The summed E-state index contributed by atoms with van der Waals surface area (Å²) in [6, 6.07) is 12.4. The van der Waals surface area contributed by atoms with Crippen LogP contribution in [0.4, 0.5) is 5.69 Å². The molecule has 0 aliphatic rings. The van der Waals surface area contributed by atoms with Gasteiger partial charge in [-0.15, -0.1) is 11.3 Å². The SMILES string of the molecule is Nc1ccc(CCCOC(CCc2cccs2)Cn2ccnc2)cc1. The van der Waals surface area contributed by atoms with Gasteiger partial charge < -0.3 is 15.0 Å². The molecule has 5 heteroatoms. The highest BCUT2D eigenvalue weighted by molar-refractivity contribution is 7.09. The summed E-state index contributed by atoms with van der Waals surface area (Å²) in [6.07, 6.45) is 10.0. The maximum Gasteiger partial charge on any atom is 0.0946 e. The summed E-state index contributed by atoms with van der Waals surface area (Å²) >= 11 is 1.81. The molecule has 25 heavy (non-hydrogen) atoms. The van der Waals surface area contributed by atoms with Crippen molar-refractivity contribution in [3.63, 3.8) is 0 Å². The van der Waals surface area contributed by atoms with Gasteiger partial charge in [0.2, 0.25) is 0 Å². The molecule has 0 aliphatic heterocycles. The summed E-state index contributed by atoms with van der Waals surface area (Å²) < 4.78 is 8.29. The quantitative estimate of drug-likeness (QED) is 0.438. The Bertz CT molecular complexity index is 708. The fraction of sp³-hybridized carbons (Fsp3) is 0.350. The minimum atomic E-state index is 0.211. The van der Waals surface area contributed by atoms with E-state index < -0.39 is 0 Å². The number of rotatable bonds is 10. The lowest BCUT2D eigenvalue weighted by atomic mass is 10.1. The van der Waals surface area contributed by atoms with Gasteiger partial charge in [0, 0.05) is 36.1 Å². The summed E-state index contributed by atoms with van der Waals surface area (Å²) in [5.74, 6) is 0. The van der Waals surface area contributed by atoms with Crippen LogP contribution in [-0.4, -0.2) is 22.3 Å². The van der Waals surface area contributed by atoms with Gasteiger partial charge in [0.05, 0.1) is 12.4 Å². The third-order valence-corrected chi connectivity index (χ3v) is 5.15. The van der Waals surface area contributed by atoms with E-state index in [2.05, 4.69) is 39.2 Å². The molecular weight excluding hydrogens is 330 g/mol. The minimum absolute atomic E-state index is 0.211. The number of imidazole rings is 1. The van der Waals surface area contributed by atoms with Crippen molar-refractivity contribution >= 4 is 17.0 Å². The second-order valence-corrected chi connectivity index (χ2v) is 7.25. The van der Waals surface area contributed by atoms with Gasteiger partial charge in [0.15, 0.2) is 0 Å². The van der Waals surface area contributed by atoms with E-state index in [1.807, 2.05) is 42.2 Å². The zero-order valence-electron chi connectivity index (χ0n) is 14.4. The van der Waals surface area contributed by atoms with Crippen LogP contribution >= 0.6 is 11.3 Å². The molecule has 0 bridgehead atoms. The number of benzene rings is 1. The smallest absolute Gasteiger partial charge is 0.0946 e. The van der Waals surface area contributed by atoms with E-state index in [-0.39, 0.29) is 6.10 Å². The molecule has 1 atom stereocenters. The van der Waals surface area contributed by atoms with Crippen LogP contribution in [0.15, 0.2) is 60.5 Å². The molecule has 1 aromatic carbocycles. The predicted octanol–water partition coefficient (Wildman–Crippen LogP) is 4.18. The number of hydrogen-bond acceptors (Lipinski definition) is 4. The standard InChI is InChI=1S/C20H25N3OS/c21-18-7-5-17(6-8-18)3-1-13-24-19(15-23-12-11-22-16-23)9-10-20-4-2-14-25-20/h2,4-8,11-12,14,16,19H,1,3,9-10,13,15,21H2. The Morgan fingerprint density at radius 3 is 2.76 bits per heavy atom.